The summed E-state index contributed by atoms with van der Waals surface area (Å²) < 4.78 is 16.2. The van der Waals surface area contributed by atoms with Crippen LogP contribution in [0.3, 0.4) is 0 Å². The van der Waals surface area contributed by atoms with Gasteiger partial charge in [0.1, 0.15) is 0 Å². The van der Waals surface area contributed by atoms with Crippen molar-refractivity contribution in [1.82, 2.24) is 15.6 Å². The van der Waals surface area contributed by atoms with E-state index >= 15 is 0 Å². The molecule has 1 aliphatic rings. The number of aliphatic imine (C=N–C) groups is 1. The molecule has 1 fully saturated rings. The molecule has 0 bridgehead atoms. The van der Waals surface area contributed by atoms with Gasteiger partial charge in [-0.25, -0.2) is 9.98 Å². The number of hydrogen-bond donors (Lipinski definition) is 2. The van der Waals surface area contributed by atoms with E-state index in [2.05, 4.69) is 20.6 Å². The molecule has 1 atom stereocenters. The van der Waals surface area contributed by atoms with Crippen molar-refractivity contribution >= 4 is 5.96 Å². The first-order valence-corrected chi connectivity index (χ1v) is 8.99. The Morgan fingerprint density at radius 3 is 3.08 bits per heavy atom. The summed E-state index contributed by atoms with van der Waals surface area (Å²) in [5.41, 5.74) is 0.874. The minimum Gasteiger partial charge on any atom is -0.481 e. The first-order chi connectivity index (χ1) is 12.3. The zero-order valence-electron chi connectivity index (χ0n) is 15.3. The molecule has 0 aromatic carbocycles. The number of hydrogen-bond acceptors (Lipinski definition) is 5. The molecule has 25 heavy (non-hydrogen) atoms. The van der Waals surface area contributed by atoms with Crippen molar-refractivity contribution in [2.45, 2.75) is 26.3 Å². The Morgan fingerprint density at radius 1 is 1.40 bits per heavy atom. The smallest absolute Gasteiger partial charge is 0.213 e. The average molecular weight is 350 g/mol. The molecule has 0 radical (unpaired) electrons. The van der Waals surface area contributed by atoms with Gasteiger partial charge in [0.25, 0.3) is 0 Å². The lowest BCUT2D eigenvalue weighted by molar-refractivity contribution is 0.0888. The van der Waals surface area contributed by atoms with E-state index in [4.69, 9.17) is 14.2 Å². The van der Waals surface area contributed by atoms with Crippen LogP contribution in [0.4, 0.5) is 0 Å². The third-order valence-corrected chi connectivity index (χ3v) is 3.87. The summed E-state index contributed by atoms with van der Waals surface area (Å²) in [6.07, 6.45) is 2.06. The lowest BCUT2D eigenvalue weighted by atomic mass is 10.1. The van der Waals surface area contributed by atoms with Gasteiger partial charge in [0, 0.05) is 38.3 Å². The summed E-state index contributed by atoms with van der Waals surface area (Å²) >= 11 is 0. The van der Waals surface area contributed by atoms with Crippen molar-refractivity contribution in [2.75, 3.05) is 46.6 Å². The van der Waals surface area contributed by atoms with Crippen molar-refractivity contribution in [3.63, 3.8) is 0 Å². The Hall–Kier alpha value is -1.86. The van der Waals surface area contributed by atoms with Crippen LogP contribution >= 0.6 is 0 Å². The minimum atomic E-state index is 0.505. The van der Waals surface area contributed by atoms with E-state index in [9.17, 15) is 0 Å². The Morgan fingerprint density at radius 2 is 2.32 bits per heavy atom. The third kappa shape index (κ3) is 7.70. The van der Waals surface area contributed by atoms with Gasteiger partial charge < -0.3 is 24.8 Å². The summed E-state index contributed by atoms with van der Waals surface area (Å²) in [5, 5.41) is 6.56. The molecule has 0 aliphatic carbocycles. The first-order valence-electron chi connectivity index (χ1n) is 8.99. The van der Waals surface area contributed by atoms with Crippen LogP contribution in [-0.2, 0) is 16.0 Å². The number of nitrogens with zero attached hydrogens (tertiary/aromatic N) is 2. The molecule has 1 aliphatic heterocycles. The molecule has 140 valence electrons. The maximum Gasteiger partial charge on any atom is 0.213 e. The molecule has 2 heterocycles. The van der Waals surface area contributed by atoms with E-state index in [-0.39, 0.29) is 0 Å². The fourth-order valence-corrected chi connectivity index (χ4v) is 2.51. The zero-order chi connectivity index (χ0) is 17.7. The molecule has 1 unspecified atom stereocenters. The van der Waals surface area contributed by atoms with Gasteiger partial charge in [-0.05, 0) is 25.8 Å². The molecule has 2 N–H and O–H groups in total. The van der Waals surface area contributed by atoms with Gasteiger partial charge in [-0.2, -0.15) is 0 Å². The average Bonchev–Trinajstić information content (AvgIpc) is 3.16. The van der Waals surface area contributed by atoms with Crippen LogP contribution in [-0.4, -0.2) is 57.6 Å². The third-order valence-electron chi connectivity index (χ3n) is 3.87. The number of guanidine groups is 1. The Bertz CT molecular complexity index is 519. The Balaban J connectivity index is 1.66. The van der Waals surface area contributed by atoms with E-state index in [1.54, 1.807) is 7.11 Å². The van der Waals surface area contributed by atoms with Gasteiger partial charge in [-0.15, -0.1) is 0 Å². The molecule has 1 aromatic rings. The van der Waals surface area contributed by atoms with Crippen LogP contribution in [0.2, 0.25) is 0 Å². The topological polar surface area (TPSA) is 77.0 Å². The largest absolute Gasteiger partial charge is 0.481 e. The summed E-state index contributed by atoms with van der Waals surface area (Å²) in [6, 6.07) is 5.69. The van der Waals surface area contributed by atoms with Crippen LogP contribution in [0, 0.1) is 5.92 Å². The van der Waals surface area contributed by atoms with Gasteiger partial charge in [-0.3, -0.25) is 0 Å². The van der Waals surface area contributed by atoms with Gasteiger partial charge >= 0.3 is 0 Å². The van der Waals surface area contributed by atoms with E-state index in [1.807, 2.05) is 25.1 Å². The summed E-state index contributed by atoms with van der Waals surface area (Å²) in [4.78, 5) is 8.93. The van der Waals surface area contributed by atoms with Crippen molar-refractivity contribution in [1.29, 1.82) is 0 Å². The second kappa shape index (κ2) is 11.7. The number of aromatic nitrogens is 1. The van der Waals surface area contributed by atoms with Gasteiger partial charge in [0.05, 0.1) is 32.6 Å². The number of ether oxygens (including phenoxy) is 3. The highest BCUT2D eigenvalue weighted by molar-refractivity contribution is 5.79. The quantitative estimate of drug-likeness (QED) is 0.379. The fourth-order valence-electron chi connectivity index (χ4n) is 2.51. The van der Waals surface area contributed by atoms with E-state index in [0.717, 1.165) is 64.0 Å². The molecule has 1 aromatic heterocycles. The van der Waals surface area contributed by atoms with Crippen LogP contribution in [0.25, 0.3) is 0 Å². The predicted octanol–water partition coefficient (Wildman–Crippen LogP) is 1.59. The first kappa shape index (κ1) is 19.5. The maximum atomic E-state index is 5.71. The van der Waals surface area contributed by atoms with Crippen LogP contribution in [0.5, 0.6) is 5.88 Å². The molecular formula is C18H30N4O3. The van der Waals surface area contributed by atoms with E-state index in [1.165, 1.54) is 0 Å². The molecule has 7 nitrogen and oxygen atoms in total. The van der Waals surface area contributed by atoms with Crippen LogP contribution in [0.15, 0.2) is 23.2 Å². The molecule has 0 spiro atoms. The van der Waals surface area contributed by atoms with E-state index in [0.29, 0.717) is 18.3 Å². The van der Waals surface area contributed by atoms with Gasteiger partial charge in [0.15, 0.2) is 5.96 Å². The zero-order valence-corrected chi connectivity index (χ0v) is 15.3. The summed E-state index contributed by atoms with van der Waals surface area (Å²) in [7, 11) is 1.61. The highest BCUT2D eigenvalue weighted by Gasteiger charge is 2.15. The second-order valence-electron chi connectivity index (χ2n) is 5.95. The lowest BCUT2D eigenvalue weighted by Crippen LogP contribution is -2.38. The molecule has 0 saturated carbocycles. The van der Waals surface area contributed by atoms with Gasteiger partial charge in [-0.1, -0.05) is 6.07 Å². The molecule has 1 saturated heterocycles. The van der Waals surface area contributed by atoms with Crippen LogP contribution < -0.4 is 15.4 Å². The normalized spacial score (nSPS) is 17.5. The van der Waals surface area contributed by atoms with E-state index < -0.39 is 0 Å². The SMILES string of the molecule is CCNC(=NCc1cccc(OC)n1)NCCCOCC1CCOC1. The lowest BCUT2D eigenvalue weighted by Gasteiger charge is -2.12. The standard InChI is InChI=1S/C18H30N4O3/c1-3-19-18(21-12-16-6-4-7-17(22-16)23-2)20-9-5-10-24-13-15-8-11-25-14-15/h4,6-7,15H,3,5,8-14H2,1-2H3,(H2,19,20,21). The Labute approximate surface area is 150 Å². The molecule has 7 heteroatoms. The van der Waals surface area contributed by atoms with Gasteiger partial charge in [0.2, 0.25) is 5.88 Å². The number of methoxy groups -OCH3 is 1. The monoisotopic (exact) mass is 350 g/mol. The minimum absolute atomic E-state index is 0.505. The fraction of sp³-hybridized carbons (Fsp3) is 0.667. The summed E-state index contributed by atoms with van der Waals surface area (Å²) in [5.74, 6) is 1.97. The van der Waals surface area contributed by atoms with Crippen molar-refractivity contribution in [3.05, 3.63) is 23.9 Å². The summed E-state index contributed by atoms with van der Waals surface area (Å²) in [6.45, 7) is 7.45. The Kier molecular flexibility index (Phi) is 9.07. The van der Waals surface area contributed by atoms with Crippen molar-refractivity contribution in [3.8, 4) is 5.88 Å². The maximum absolute atomic E-state index is 5.71. The highest BCUT2D eigenvalue weighted by atomic mass is 16.5. The highest BCUT2D eigenvalue weighted by Crippen LogP contribution is 2.12. The number of nitrogens with one attached hydrogen (secondary N) is 2. The van der Waals surface area contributed by atoms with Crippen molar-refractivity contribution < 1.29 is 14.2 Å². The second-order valence-corrected chi connectivity index (χ2v) is 5.95. The molecule has 0 amide bonds. The molecule has 2 rings (SSSR count). The predicted molar refractivity (Wildman–Crippen MR) is 98.0 cm³/mol. The molecular weight excluding hydrogens is 320 g/mol. The van der Waals surface area contributed by atoms with Crippen LogP contribution in [0.1, 0.15) is 25.5 Å². The number of rotatable bonds is 10. The van der Waals surface area contributed by atoms with Crippen molar-refractivity contribution in [2.24, 2.45) is 10.9 Å². The number of pyridine rings is 1.